The SMILES string of the molecule is O=C1c2ccncc2C(=O)N1Cc1ccccc1F. The molecule has 1 aromatic carbocycles. The van der Waals surface area contributed by atoms with Crippen LogP contribution in [0.25, 0.3) is 0 Å². The molecular weight excluding hydrogens is 247 g/mol. The zero-order valence-corrected chi connectivity index (χ0v) is 9.84. The molecule has 3 rings (SSSR count). The van der Waals surface area contributed by atoms with E-state index in [2.05, 4.69) is 4.98 Å². The van der Waals surface area contributed by atoms with Crippen molar-refractivity contribution in [3.05, 3.63) is 65.2 Å². The third kappa shape index (κ3) is 1.79. The van der Waals surface area contributed by atoms with Crippen molar-refractivity contribution < 1.29 is 14.0 Å². The Morgan fingerprint density at radius 2 is 1.79 bits per heavy atom. The van der Waals surface area contributed by atoms with Crippen molar-refractivity contribution in [3.63, 3.8) is 0 Å². The number of hydrogen-bond donors (Lipinski definition) is 0. The normalized spacial score (nSPS) is 13.8. The lowest BCUT2D eigenvalue weighted by molar-refractivity contribution is 0.0641. The minimum Gasteiger partial charge on any atom is -0.270 e. The predicted octanol–water partition coefficient (Wildman–Crippen LogP) is 2.02. The van der Waals surface area contributed by atoms with Gasteiger partial charge in [0.25, 0.3) is 11.8 Å². The molecule has 1 aliphatic rings. The van der Waals surface area contributed by atoms with E-state index in [4.69, 9.17) is 0 Å². The van der Waals surface area contributed by atoms with E-state index in [1.165, 1.54) is 24.5 Å². The van der Waals surface area contributed by atoms with Crippen LogP contribution in [0, 0.1) is 5.82 Å². The molecule has 5 heteroatoms. The number of carbonyl (C=O) groups is 2. The predicted molar refractivity (Wildman–Crippen MR) is 64.8 cm³/mol. The molecule has 0 spiro atoms. The maximum absolute atomic E-state index is 13.6. The van der Waals surface area contributed by atoms with Gasteiger partial charge >= 0.3 is 0 Å². The van der Waals surface area contributed by atoms with Crippen molar-refractivity contribution in [2.24, 2.45) is 0 Å². The summed E-state index contributed by atoms with van der Waals surface area (Å²) in [5.74, 6) is -1.28. The van der Waals surface area contributed by atoms with Gasteiger partial charge in [0.15, 0.2) is 0 Å². The van der Waals surface area contributed by atoms with E-state index in [0.29, 0.717) is 11.1 Å². The average molecular weight is 256 g/mol. The Balaban J connectivity index is 1.95. The van der Waals surface area contributed by atoms with E-state index in [9.17, 15) is 14.0 Å². The fourth-order valence-corrected chi connectivity index (χ4v) is 2.07. The zero-order valence-electron chi connectivity index (χ0n) is 9.84. The van der Waals surface area contributed by atoms with Gasteiger partial charge in [-0.2, -0.15) is 0 Å². The summed E-state index contributed by atoms with van der Waals surface area (Å²) in [7, 11) is 0. The Labute approximate surface area is 108 Å². The molecule has 0 aliphatic carbocycles. The molecule has 0 bridgehead atoms. The summed E-state index contributed by atoms with van der Waals surface area (Å²) in [4.78, 5) is 29.0. The van der Waals surface area contributed by atoms with Gasteiger partial charge in [-0.05, 0) is 12.1 Å². The maximum atomic E-state index is 13.6. The first-order valence-electron chi connectivity index (χ1n) is 5.72. The summed E-state index contributed by atoms with van der Waals surface area (Å²) < 4.78 is 13.6. The Hall–Kier alpha value is -2.56. The molecule has 2 amide bonds. The van der Waals surface area contributed by atoms with Gasteiger partial charge in [0.1, 0.15) is 5.82 Å². The van der Waals surface area contributed by atoms with E-state index in [1.54, 1.807) is 18.2 Å². The molecule has 2 aromatic rings. The number of imide groups is 1. The van der Waals surface area contributed by atoms with Crippen LogP contribution in [0.1, 0.15) is 26.3 Å². The van der Waals surface area contributed by atoms with Gasteiger partial charge in [0.05, 0.1) is 17.7 Å². The van der Waals surface area contributed by atoms with Crippen LogP contribution in [0.3, 0.4) is 0 Å². The summed E-state index contributed by atoms with van der Waals surface area (Å²) in [6, 6.07) is 7.58. The monoisotopic (exact) mass is 256 g/mol. The van der Waals surface area contributed by atoms with Crippen LogP contribution in [-0.2, 0) is 6.54 Å². The van der Waals surface area contributed by atoms with Gasteiger partial charge < -0.3 is 0 Å². The number of aromatic nitrogens is 1. The highest BCUT2D eigenvalue weighted by molar-refractivity contribution is 6.21. The molecule has 0 unspecified atom stereocenters. The van der Waals surface area contributed by atoms with Crippen molar-refractivity contribution in [3.8, 4) is 0 Å². The van der Waals surface area contributed by atoms with Crippen LogP contribution in [0.15, 0.2) is 42.7 Å². The number of halogens is 1. The summed E-state index contributed by atoms with van der Waals surface area (Å²) in [6.45, 7) is -0.0704. The number of pyridine rings is 1. The third-order valence-electron chi connectivity index (χ3n) is 3.06. The van der Waals surface area contributed by atoms with E-state index < -0.39 is 17.6 Å². The fourth-order valence-electron chi connectivity index (χ4n) is 2.07. The fraction of sp³-hybridized carbons (Fsp3) is 0.0714. The van der Waals surface area contributed by atoms with Crippen LogP contribution in [0.5, 0.6) is 0 Å². The van der Waals surface area contributed by atoms with Crippen molar-refractivity contribution in [1.29, 1.82) is 0 Å². The molecule has 0 saturated carbocycles. The number of benzene rings is 1. The van der Waals surface area contributed by atoms with E-state index in [1.807, 2.05) is 0 Å². The van der Waals surface area contributed by atoms with Crippen LogP contribution >= 0.6 is 0 Å². The molecule has 94 valence electrons. The second-order valence-corrected chi connectivity index (χ2v) is 4.21. The molecule has 0 atom stereocenters. The zero-order chi connectivity index (χ0) is 13.4. The smallest absolute Gasteiger partial charge is 0.263 e. The second kappa shape index (κ2) is 4.28. The molecule has 19 heavy (non-hydrogen) atoms. The minimum atomic E-state index is -0.434. The van der Waals surface area contributed by atoms with Gasteiger partial charge in [0, 0.05) is 18.0 Å². The van der Waals surface area contributed by atoms with Crippen LogP contribution in [-0.4, -0.2) is 21.7 Å². The molecule has 1 aliphatic heterocycles. The number of amides is 2. The lowest BCUT2D eigenvalue weighted by atomic mass is 10.2. The summed E-state index contributed by atoms with van der Waals surface area (Å²) in [5, 5.41) is 0. The van der Waals surface area contributed by atoms with Gasteiger partial charge in [0.2, 0.25) is 0 Å². The molecule has 0 saturated heterocycles. The van der Waals surface area contributed by atoms with Crippen LogP contribution < -0.4 is 0 Å². The minimum absolute atomic E-state index is 0.0704. The number of carbonyl (C=O) groups excluding carboxylic acids is 2. The Morgan fingerprint density at radius 3 is 2.53 bits per heavy atom. The van der Waals surface area contributed by atoms with E-state index >= 15 is 0 Å². The molecule has 2 heterocycles. The lowest BCUT2D eigenvalue weighted by Gasteiger charge is -2.14. The molecule has 0 radical (unpaired) electrons. The topological polar surface area (TPSA) is 50.3 Å². The van der Waals surface area contributed by atoms with Crippen molar-refractivity contribution >= 4 is 11.8 Å². The van der Waals surface area contributed by atoms with Gasteiger partial charge in [-0.1, -0.05) is 18.2 Å². The standard InChI is InChI=1S/C14H9FN2O2/c15-12-4-2-1-3-9(12)8-17-13(18)10-5-6-16-7-11(10)14(17)19/h1-7H,8H2. The lowest BCUT2D eigenvalue weighted by Crippen LogP contribution is -2.29. The molecule has 1 aromatic heterocycles. The number of fused-ring (bicyclic) bond motifs is 1. The average Bonchev–Trinajstić information content (AvgIpc) is 2.67. The van der Waals surface area contributed by atoms with Crippen molar-refractivity contribution in [2.75, 3.05) is 0 Å². The summed E-state index contributed by atoms with van der Waals surface area (Å²) in [5.41, 5.74) is 0.894. The number of hydrogen-bond acceptors (Lipinski definition) is 3. The van der Waals surface area contributed by atoms with Crippen LogP contribution in [0.4, 0.5) is 4.39 Å². The first kappa shape index (κ1) is 11.5. The third-order valence-corrected chi connectivity index (χ3v) is 3.06. The summed E-state index contributed by atoms with van der Waals surface area (Å²) in [6.07, 6.45) is 2.81. The summed E-state index contributed by atoms with van der Waals surface area (Å²) >= 11 is 0. The largest absolute Gasteiger partial charge is 0.270 e. The van der Waals surface area contributed by atoms with E-state index in [0.717, 1.165) is 4.90 Å². The van der Waals surface area contributed by atoms with Gasteiger partial charge in [-0.25, -0.2) is 4.39 Å². The van der Waals surface area contributed by atoms with Gasteiger partial charge in [-0.15, -0.1) is 0 Å². The number of nitrogens with zero attached hydrogens (tertiary/aromatic N) is 2. The van der Waals surface area contributed by atoms with Crippen molar-refractivity contribution in [2.45, 2.75) is 6.54 Å². The van der Waals surface area contributed by atoms with Crippen LogP contribution in [0.2, 0.25) is 0 Å². The maximum Gasteiger partial charge on any atom is 0.263 e. The highest BCUT2D eigenvalue weighted by Gasteiger charge is 2.35. The van der Waals surface area contributed by atoms with E-state index in [-0.39, 0.29) is 12.1 Å². The number of rotatable bonds is 2. The highest BCUT2D eigenvalue weighted by Crippen LogP contribution is 2.24. The Bertz CT molecular complexity index is 650. The van der Waals surface area contributed by atoms with Crippen molar-refractivity contribution in [1.82, 2.24) is 9.88 Å². The molecule has 4 nitrogen and oxygen atoms in total. The van der Waals surface area contributed by atoms with Gasteiger partial charge in [-0.3, -0.25) is 19.5 Å². The Morgan fingerprint density at radius 1 is 1.05 bits per heavy atom. The first-order valence-corrected chi connectivity index (χ1v) is 5.72. The molecule has 0 fully saturated rings. The molecule has 0 N–H and O–H groups in total. The first-order chi connectivity index (χ1) is 9.18. The second-order valence-electron chi connectivity index (χ2n) is 4.21. The Kier molecular flexibility index (Phi) is 2.59. The molecular formula is C14H9FN2O2. The quantitative estimate of drug-likeness (QED) is 0.772. The highest BCUT2D eigenvalue weighted by atomic mass is 19.1.